The lowest BCUT2D eigenvalue weighted by molar-refractivity contribution is 0.291. The molecule has 2 heterocycles. The molecule has 0 saturated heterocycles. The second-order valence-corrected chi connectivity index (χ2v) is 7.25. The second kappa shape index (κ2) is 8.36. The van der Waals surface area contributed by atoms with Crippen LogP contribution in [0.2, 0.25) is 0 Å². The van der Waals surface area contributed by atoms with E-state index in [1.54, 1.807) is 18.4 Å². The summed E-state index contributed by atoms with van der Waals surface area (Å²) in [6, 6.07) is 13.7. The van der Waals surface area contributed by atoms with E-state index >= 15 is 0 Å². The van der Waals surface area contributed by atoms with Gasteiger partial charge in [0.1, 0.15) is 24.4 Å². The number of aryl methyl sites for hydroxylation is 1. The van der Waals surface area contributed by atoms with Crippen LogP contribution in [0.15, 0.2) is 64.4 Å². The first kappa shape index (κ1) is 19.0. The van der Waals surface area contributed by atoms with Crippen molar-refractivity contribution in [1.29, 1.82) is 0 Å². The Labute approximate surface area is 170 Å². The zero-order chi connectivity index (χ0) is 20.2. The van der Waals surface area contributed by atoms with Gasteiger partial charge in [0, 0.05) is 11.3 Å². The first-order chi connectivity index (χ1) is 14.1. The minimum absolute atomic E-state index is 0.122. The number of aromatic nitrogens is 4. The average Bonchev–Trinajstić information content (AvgIpc) is 3.33. The SMILES string of the molecule is Cc1ccc(-c2nc(CSc3nnc(COc4ccc(F)cc4)n3N)co2)cc1. The van der Waals surface area contributed by atoms with Crippen molar-refractivity contribution in [1.82, 2.24) is 19.9 Å². The molecule has 0 aliphatic heterocycles. The molecule has 0 aliphatic rings. The van der Waals surface area contributed by atoms with E-state index in [1.807, 2.05) is 31.2 Å². The summed E-state index contributed by atoms with van der Waals surface area (Å²) in [4.78, 5) is 4.50. The van der Waals surface area contributed by atoms with Gasteiger partial charge in [-0.2, -0.15) is 0 Å². The maximum atomic E-state index is 12.9. The highest BCUT2D eigenvalue weighted by molar-refractivity contribution is 7.98. The Hall–Kier alpha value is -3.33. The molecule has 9 heteroatoms. The number of nitrogens with zero attached hydrogens (tertiary/aromatic N) is 4. The van der Waals surface area contributed by atoms with Crippen LogP contribution in [0.3, 0.4) is 0 Å². The summed E-state index contributed by atoms with van der Waals surface area (Å²) in [6.45, 7) is 2.15. The summed E-state index contributed by atoms with van der Waals surface area (Å²) < 4.78 is 25.4. The topological polar surface area (TPSA) is 92.0 Å². The number of halogens is 1. The molecule has 0 amide bonds. The molecule has 29 heavy (non-hydrogen) atoms. The highest BCUT2D eigenvalue weighted by atomic mass is 32.2. The molecule has 2 N–H and O–H groups in total. The van der Waals surface area contributed by atoms with Crippen LogP contribution in [0, 0.1) is 12.7 Å². The number of ether oxygens (including phenoxy) is 1. The molecule has 2 aromatic carbocycles. The van der Waals surface area contributed by atoms with Crippen molar-refractivity contribution in [3.05, 3.63) is 77.7 Å². The van der Waals surface area contributed by atoms with Crippen molar-refractivity contribution in [2.75, 3.05) is 5.84 Å². The monoisotopic (exact) mass is 411 g/mol. The lowest BCUT2D eigenvalue weighted by atomic mass is 10.1. The van der Waals surface area contributed by atoms with Gasteiger partial charge in [-0.3, -0.25) is 0 Å². The van der Waals surface area contributed by atoms with E-state index in [4.69, 9.17) is 15.0 Å². The van der Waals surface area contributed by atoms with Crippen LogP contribution in [0.1, 0.15) is 17.1 Å². The highest BCUT2D eigenvalue weighted by Gasteiger charge is 2.13. The first-order valence-corrected chi connectivity index (χ1v) is 9.79. The van der Waals surface area contributed by atoms with E-state index in [2.05, 4.69) is 15.2 Å². The van der Waals surface area contributed by atoms with Crippen molar-refractivity contribution < 1.29 is 13.5 Å². The van der Waals surface area contributed by atoms with Crippen molar-refractivity contribution in [2.24, 2.45) is 0 Å². The average molecular weight is 411 g/mol. The fraction of sp³-hybridized carbons (Fsp3) is 0.150. The van der Waals surface area contributed by atoms with Gasteiger partial charge in [-0.15, -0.1) is 10.2 Å². The summed E-state index contributed by atoms with van der Waals surface area (Å²) in [5, 5.41) is 8.66. The number of nitrogens with two attached hydrogens (primary N) is 1. The summed E-state index contributed by atoms with van der Waals surface area (Å²) in [5.74, 6) is 7.81. The minimum Gasteiger partial charge on any atom is -0.486 e. The molecule has 7 nitrogen and oxygen atoms in total. The van der Waals surface area contributed by atoms with Crippen molar-refractivity contribution in [3.63, 3.8) is 0 Å². The molecule has 0 bridgehead atoms. The quantitative estimate of drug-likeness (QED) is 0.363. The fourth-order valence-corrected chi connectivity index (χ4v) is 3.28. The molecule has 0 unspecified atom stereocenters. The zero-order valence-corrected chi connectivity index (χ0v) is 16.4. The number of thioether (sulfide) groups is 1. The second-order valence-electron chi connectivity index (χ2n) is 6.31. The Morgan fingerprint density at radius 3 is 2.62 bits per heavy atom. The standard InChI is InChI=1S/C20H18FN5O2S/c1-13-2-4-14(5-3-13)19-23-16(10-28-19)12-29-20-25-24-18(26(20)22)11-27-17-8-6-15(21)7-9-17/h2-10H,11-12,22H2,1H3. The molecule has 4 rings (SSSR count). The Morgan fingerprint density at radius 1 is 1.10 bits per heavy atom. The van der Waals surface area contributed by atoms with Crippen LogP contribution in [-0.2, 0) is 12.4 Å². The zero-order valence-electron chi connectivity index (χ0n) is 15.6. The third-order valence-corrected chi connectivity index (χ3v) is 5.09. The summed E-state index contributed by atoms with van der Waals surface area (Å²) in [6.07, 6.45) is 1.62. The van der Waals surface area contributed by atoms with Crippen molar-refractivity contribution >= 4 is 11.8 Å². The van der Waals surface area contributed by atoms with Gasteiger partial charge in [-0.1, -0.05) is 29.5 Å². The van der Waals surface area contributed by atoms with Crippen LogP contribution in [0.25, 0.3) is 11.5 Å². The van der Waals surface area contributed by atoms with Gasteiger partial charge in [-0.05, 0) is 43.3 Å². The maximum Gasteiger partial charge on any atom is 0.226 e. The van der Waals surface area contributed by atoms with E-state index in [9.17, 15) is 4.39 Å². The third-order valence-electron chi connectivity index (χ3n) is 4.12. The fourth-order valence-electron chi connectivity index (χ4n) is 2.52. The molecule has 4 aromatic rings. The van der Waals surface area contributed by atoms with Gasteiger partial charge in [0.2, 0.25) is 11.0 Å². The number of rotatable bonds is 7. The Balaban J connectivity index is 1.35. The van der Waals surface area contributed by atoms with Crippen LogP contribution >= 0.6 is 11.8 Å². The van der Waals surface area contributed by atoms with E-state index in [0.717, 1.165) is 11.3 Å². The lowest BCUT2D eigenvalue weighted by Gasteiger charge is -2.06. The predicted molar refractivity (Wildman–Crippen MR) is 107 cm³/mol. The molecule has 0 atom stereocenters. The summed E-state index contributed by atoms with van der Waals surface area (Å²) in [5.41, 5.74) is 2.88. The maximum absolute atomic E-state index is 12.9. The molecule has 0 fully saturated rings. The van der Waals surface area contributed by atoms with Gasteiger partial charge >= 0.3 is 0 Å². The molecule has 0 spiro atoms. The normalized spacial score (nSPS) is 11.0. The van der Waals surface area contributed by atoms with Gasteiger partial charge in [0.25, 0.3) is 0 Å². The molecule has 0 radical (unpaired) electrons. The molecular formula is C20H18FN5O2S. The smallest absolute Gasteiger partial charge is 0.226 e. The Kier molecular flexibility index (Phi) is 5.48. The molecule has 0 aliphatic carbocycles. The largest absolute Gasteiger partial charge is 0.486 e. The Morgan fingerprint density at radius 2 is 1.86 bits per heavy atom. The van der Waals surface area contributed by atoms with Gasteiger partial charge < -0.3 is 15.0 Å². The number of oxazole rings is 1. The minimum atomic E-state index is -0.323. The van der Waals surface area contributed by atoms with Gasteiger partial charge in [0.15, 0.2) is 5.82 Å². The predicted octanol–water partition coefficient (Wildman–Crippen LogP) is 3.97. The van der Waals surface area contributed by atoms with E-state index in [1.165, 1.54) is 34.1 Å². The van der Waals surface area contributed by atoms with E-state index < -0.39 is 0 Å². The Bertz CT molecular complexity index is 1090. The third kappa shape index (κ3) is 4.57. The summed E-state index contributed by atoms with van der Waals surface area (Å²) in [7, 11) is 0. The lowest BCUT2D eigenvalue weighted by Crippen LogP contribution is -2.15. The van der Waals surface area contributed by atoms with Crippen molar-refractivity contribution in [3.8, 4) is 17.2 Å². The number of benzene rings is 2. The van der Waals surface area contributed by atoms with E-state index in [-0.39, 0.29) is 12.4 Å². The summed E-state index contributed by atoms with van der Waals surface area (Å²) >= 11 is 1.39. The van der Waals surface area contributed by atoms with Gasteiger partial charge in [0.05, 0.1) is 5.69 Å². The van der Waals surface area contributed by atoms with Crippen LogP contribution in [0.5, 0.6) is 5.75 Å². The van der Waals surface area contributed by atoms with Gasteiger partial charge in [-0.25, -0.2) is 14.1 Å². The molecule has 2 aromatic heterocycles. The highest BCUT2D eigenvalue weighted by Crippen LogP contribution is 2.24. The first-order valence-electron chi connectivity index (χ1n) is 8.80. The van der Waals surface area contributed by atoms with Crippen molar-refractivity contribution in [2.45, 2.75) is 24.4 Å². The number of hydrogen-bond donors (Lipinski definition) is 1. The molecule has 0 saturated carbocycles. The van der Waals surface area contributed by atoms with Crippen LogP contribution in [-0.4, -0.2) is 19.9 Å². The molecular weight excluding hydrogens is 393 g/mol. The number of nitrogen functional groups attached to an aromatic ring is 1. The van der Waals surface area contributed by atoms with E-state index in [0.29, 0.717) is 28.4 Å². The van der Waals surface area contributed by atoms with Crippen LogP contribution in [0.4, 0.5) is 4.39 Å². The van der Waals surface area contributed by atoms with Crippen LogP contribution < -0.4 is 10.6 Å². The number of hydrogen-bond acceptors (Lipinski definition) is 7. The molecule has 148 valence electrons.